The van der Waals surface area contributed by atoms with Gasteiger partial charge in [-0.2, -0.15) is 0 Å². The molecule has 5 nitrogen and oxygen atoms in total. The second kappa shape index (κ2) is 5.86. The normalized spacial score (nSPS) is 13.0. The van der Waals surface area contributed by atoms with E-state index in [1.807, 2.05) is 0 Å². The Balaban J connectivity index is 3.11. The van der Waals surface area contributed by atoms with Crippen molar-refractivity contribution in [3.05, 3.63) is 24.3 Å². The Morgan fingerprint density at radius 2 is 2.00 bits per heavy atom. The number of hydrogen-bond acceptors (Lipinski definition) is 4. The summed E-state index contributed by atoms with van der Waals surface area (Å²) in [6.45, 7) is 3.39. The summed E-state index contributed by atoms with van der Waals surface area (Å²) in [7, 11) is -3.33. The van der Waals surface area contributed by atoms with E-state index in [1.54, 1.807) is 32.0 Å². The van der Waals surface area contributed by atoms with E-state index in [0.29, 0.717) is 12.1 Å². The molecule has 0 aliphatic rings. The van der Waals surface area contributed by atoms with Gasteiger partial charge in [0.2, 0.25) is 5.91 Å². The Hall–Kier alpha value is -1.56. The number of benzene rings is 1. The molecule has 0 fully saturated rings. The molecule has 0 bridgehead atoms. The monoisotopic (exact) mass is 270 g/mol. The lowest BCUT2D eigenvalue weighted by Gasteiger charge is -2.15. The van der Waals surface area contributed by atoms with Gasteiger partial charge < -0.3 is 11.1 Å². The maximum Gasteiger partial charge on any atom is 0.239 e. The van der Waals surface area contributed by atoms with Gasteiger partial charge in [0.25, 0.3) is 0 Å². The average Bonchev–Trinajstić information content (AvgIpc) is 2.29. The Morgan fingerprint density at radius 3 is 2.56 bits per heavy atom. The number of nitrogens with two attached hydrogens (primary N) is 1. The number of nitrogens with one attached hydrogen (secondary N) is 1. The highest BCUT2D eigenvalue weighted by atomic mass is 32.2. The lowest BCUT2D eigenvalue weighted by Crippen LogP contribution is -2.33. The molecule has 0 saturated heterocycles. The maximum absolute atomic E-state index is 12.0. The molecule has 1 atom stereocenters. The topological polar surface area (TPSA) is 89.3 Å². The summed E-state index contributed by atoms with van der Waals surface area (Å²) < 4.78 is 24.1. The van der Waals surface area contributed by atoms with Crippen LogP contribution in [-0.4, -0.2) is 26.1 Å². The standard InChI is InChI=1S/C12H18N2O3S/c1-3-8-18(16,17)11-7-5-4-6-10(11)14-9(2)12(13)15/h4-7,9,14H,3,8H2,1-2H3,(H2,13,15). The Labute approximate surface area is 107 Å². The first kappa shape index (κ1) is 14.5. The molecular weight excluding hydrogens is 252 g/mol. The SMILES string of the molecule is CCCS(=O)(=O)c1ccccc1NC(C)C(N)=O. The summed E-state index contributed by atoms with van der Waals surface area (Å²) in [6.07, 6.45) is 0.544. The summed E-state index contributed by atoms with van der Waals surface area (Å²) in [5.74, 6) is -0.450. The summed E-state index contributed by atoms with van der Waals surface area (Å²) >= 11 is 0. The molecule has 0 radical (unpaired) electrons. The third kappa shape index (κ3) is 3.46. The maximum atomic E-state index is 12.0. The van der Waals surface area contributed by atoms with Crippen LogP contribution < -0.4 is 11.1 Å². The molecule has 6 heteroatoms. The van der Waals surface area contributed by atoms with Gasteiger partial charge in [-0.3, -0.25) is 4.79 Å². The van der Waals surface area contributed by atoms with Crippen molar-refractivity contribution in [1.82, 2.24) is 0 Å². The molecular formula is C12H18N2O3S. The second-order valence-electron chi connectivity index (χ2n) is 4.08. The van der Waals surface area contributed by atoms with Crippen molar-refractivity contribution < 1.29 is 13.2 Å². The van der Waals surface area contributed by atoms with Crippen LogP contribution in [0.2, 0.25) is 0 Å². The largest absolute Gasteiger partial charge is 0.373 e. The van der Waals surface area contributed by atoms with Crippen LogP contribution in [0.3, 0.4) is 0 Å². The number of carbonyl (C=O) groups excluding carboxylic acids is 1. The molecule has 0 saturated carbocycles. The fourth-order valence-electron chi connectivity index (χ4n) is 1.54. The molecule has 1 rings (SSSR count). The quantitative estimate of drug-likeness (QED) is 0.811. The number of carbonyl (C=O) groups is 1. The van der Waals surface area contributed by atoms with E-state index in [4.69, 9.17) is 5.73 Å². The third-order valence-corrected chi connectivity index (χ3v) is 4.47. The lowest BCUT2D eigenvalue weighted by molar-refractivity contribution is -0.118. The number of hydrogen-bond donors (Lipinski definition) is 2. The number of para-hydroxylation sites is 1. The molecule has 1 amide bonds. The molecule has 100 valence electrons. The minimum absolute atomic E-state index is 0.0800. The highest BCUT2D eigenvalue weighted by molar-refractivity contribution is 7.91. The van der Waals surface area contributed by atoms with Gasteiger partial charge in [0.1, 0.15) is 6.04 Å². The summed E-state index contributed by atoms with van der Waals surface area (Å²) in [6, 6.07) is 5.90. The summed E-state index contributed by atoms with van der Waals surface area (Å²) in [4.78, 5) is 11.2. The number of sulfone groups is 1. The van der Waals surface area contributed by atoms with Gasteiger partial charge in [-0.15, -0.1) is 0 Å². The van der Waals surface area contributed by atoms with E-state index >= 15 is 0 Å². The first-order valence-corrected chi connectivity index (χ1v) is 7.41. The van der Waals surface area contributed by atoms with Crippen molar-refractivity contribution in [1.29, 1.82) is 0 Å². The van der Waals surface area contributed by atoms with Gasteiger partial charge >= 0.3 is 0 Å². The molecule has 0 spiro atoms. The number of primary amides is 1. The zero-order chi connectivity index (χ0) is 13.8. The number of amides is 1. The van der Waals surface area contributed by atoms with Crippen LogP contribution in [0.15, 0.2) is 29.2 Å². The van der Waals surface area contributed by atoms with Gasteiger partial charge in [-0.1, -0.05) is 19.1 Å². The zero-order valence-corrected chi connectivity index (χ0v) is 11.3. The van der Waals surface area contributed by atoms with Crippen LogP contribution in [0, 0.1) is 0 Å². The fraction of sp³-hybridized carbons (Fsp3) is 0.417. The van der Waals surface area contributed by atoms with Crippen molar-refractivity contribution >= 4 is 21.4 Å². The first-order chi connectivity index (χ1) is 8.38. The smallest absolute Gasteiger partial charge is 0.239 e. The van der Waals surface area contributed by atoms with Gasteiger partial charge in [0, 0.05) is 0 Å². The molecule has 1 aromatic rings. The molecule has 1 unspecified atom stereocenters. The minimum atomic E-state index is -3.33. The molecule has 0 aliphatic heterocycles. The predicted molar refractivity (Wildman–Crippen MR) is 71.1 cm³/mol. The van der Waals surface area contributed by atoms with Crippen molar-refractivity contribution in [2.45, 2.75) is 31.2 Å². The van der Waals surface area contributed by atoms with Gasteiger partial charge in [0.15, 0.2) is 9.84 Å². The van der Waals surface area contributed by atoms with E-state index in [9.17, 15) is 13.2 Å². The summed E-state index contributed by atoms with van der Waals surface area (Å²) in [5, 5.41) is 2.82. The number of anilines is 1. The molecule has 0 aromatic heterocycles. The van der Waals surface area contributed by atoms with Crippen LogP contribution >= 0.6 is 0 Å². The first-order valence-electron chi connectivity index (χ1n) is 5.76. The van der Waals surface area contributed by atoms with Gasteiger partial charge in [0.05, 0.1) is 16.3 Å². The fourth-order valence-corrected chi connectivity index (χ4v) is 3.05. The highest BCUT2D eigenvalue weighted by Crippen LogP contribution is 2.23. The van der Waals surface area contributed by atoms with E-state index in [1.165, 1.54) is 6.07 Å². The Morgan fingerprint density at radius 1 is 1.39 bits per heavy atom. The van der Waals surface area contributed by atoms with E-state index in [-0.39, 0.29) is 10.6 Å². The van der Waals surface area contributed by atoms with Crippen LogP contribution in [0.1, 0.15) is 20.3 Å². The van der Waals surface area contributed by atoms with Gasteiger partial charge in [-0.25, -0.2) is 8.42 Å². The van der Waals surface area contributed by atoms with Crippen molar-refractivity contribution in [2.24, 2.45) is 5.73 Å². The van der Waals surface area contributed by atoms with Crippen molar-refractivity contribution in [3.8, 4) is 0 Å². The van der Waals surface area contributed by atoms with Crippen molar-refractivity contribution in [2.75, 3.05) is 11.1 Å². The zero-order valence-electron chi connectivity index (χ0n) is 10.5. The molecule has 0 aliphatic carbocycles. The Bertz CT molecular complexity index is 526. The van der Waals surface area contributed by atoms with Crippen LogP contribution in [0.5, 0.6) is 0 Å². The molecule has 0 heterocycles. The van der Waals surface area contributed by atoms with Crippen LogP contribution in [0.25, 0.3) is 0 Å². The lowest BCUT2D eigenvalue weighted by atomic mass is 10.2. The van der Waals surface area contributed by atoms with E-state index in [2.05, 4.69) is 5.32 Å². The molecule has 3 N–H and O–H groups in total. The molecule has 18 heavy (non-hydrogen) atoms. The van der Waals surface area contributed by atoms with Crippen LogP contribution in [-0.2, 0) is 14.6 Å². The minimum Gasteiger partial charge on any atom is -0.373 e. The van der Waals surface area contributed by atoms with Gasteiger partial charge in [-0.05, 0) is 25.5 Å². The van der Waals surface area contributed by atoms with E-state index in [0.717, 1.165) is 0 Å². The molecule has 1 aromatic carbocycles. The third-order valence-electron chi connectivity index (χ3n) is 2.49. The summed E-state index contributed by atoms with van der Waals surface area (Å²) in [5.41, 5.74) is 5.56. The number of rotatable bonds is 6. The second-order valence-corrected chi connectivity index (χ2v) is 6.16. The van der Waals surface area contributed by atoms with E-state index < -0.39 is 21.8 Å². The Kier molecular flexibility index (Phi) is 4.72. The highest BCUT2D eigenvalue weighted by Gasteiger charge is 2.19. The van der Waals surface area contributed by atoms with Crippen molar-refractivity contribution in [3.63, 3.8) is 0 Å². The predicted octanol–water partition coefficient (Wildman–Crippen LogP) is 1.16. The van der Waals surface area contributed by atoms with Crippen LogP contribution in [0.4, 0.5) is 5.69 Å². The average molecular weight is 270 g/mol.